The molecule has 0 saturated carbocycles. The molecule has 1 N–H and O–H groups in total. The van der Waals surface area contributed by atoms with Crippen molar-refractivity contribution >= 4 is 29.1 Å². The van der Waals surface area contributed by atoms with E-state index in [0.717, 1.165) is 21.2 Å². The zero-order valence-electron chi connectivity index (χ0n) is 14.8. The number of fused-ring (bicyclic) bond motifs is 1. The van der Waals surface area contributed by atoms with Crippen molar-refractivity contribution in [2.45, 2.75) is 6.42 Å². The third-order valence-electron chi connectivity index (χ3n) is 4.36. The summed E-state index contributed by atoms with van der Waals surface area (Å²) >= 11 is 1.53. The van der Waals surface area contributed by atoms with Gasteiger partial charge in [-0.3, -0.25) is 24.3 Å². The summed E-state index contributed by atoms with van der Waals surface area (Å²) in [6.07, 6.45) is 4.00. The first kappa shape index (κ1) is 18.0. The maximum absolute atomic E-state index is 12.3. The first-order valence-corrected chi connectivity index (χ1v) is 9.58. The number of nitrogens with one attached hydrogen (secondary N) is 1. The van der Waals surface area contributed by atoms with Crippen molar-refractivity contribution in [1.29, 1.82) is 0 Å². The van der Waals surface area contributed by atoms with Crippen LogP contribution in [0.4, 0.5) is 0 Å². The van der Waals surface area contributed by atoms with Crippen molar-refractivity contribution in [3.8, 4) is 10.6 Å². The molecule has 3 heterocycles. The Morgan fingerprint density at radius 3 is 2.39 bits per heavy atom. The molecule has 2 aromatic heterocycles. The number of hydrogen-bond donors (Lipinski definition) is 1. The smallest absolute Gasteiger partial charge is 0.262 e. The van der Waals surface area contributed by atoms with Crippen LogP contribution in [-0.2, 0) is 11.2 Å². The Bertz CT molecular complexity index is 1010. The number of imide groups is 1. The molecule has 4 rings (SSSR count). The van der Waals surface area contributed by atoms with Crippen LogP contribution >= 0.6 is 11.3 Å². The molecule has 1 aliphatic heterocycles. The Labute approximate surface area is 165 Å². The molecule has 7 nitrogen and oxygen atoms in total. The quantitative estimate of drug-likeness (QED) is 0.649. The minimum Gasteiger partial charge on any atom is -0.354 e. The molecule has 0 unspecified atom stereocenters. The number of nitrogens with zero attached hydrogens (tertiary/aromatic N) is 3. The molecule has 0 saturated heterocycles. The van der Waals surface area contributed by atoms with E-state index in [9.17, 15) is 14.4 Å². The third kappa shape index (κ3) is 3.54. The number of aromatic nitrogens is 2. The van der Waals surface area contributed by atoms with Crippen LogP contribution < -0.4 is 5.32 Å². The zero-order valence-corrected chi connectivity index (χ0v) is 15.6. The summed E-state index contributed by atoms with van der Waals surface area (Å²) < 4.78 is 0. The Balaban J connectivity index is 1.30. The second-order valence-electron chi connectivity index (χ2n) is 6.22. The minimum absolute atomic E-state index is 0.286. The third-order valence-corrected chi connectivity index (χ3v) is 5.30. The maximum atomic E-state index is 12.3. The van der Waals surface area contributed by atoms with Gasteiger partial charge in [-0.1, -0.05) is 12.1 Å². The Hall–Kier alpha value is -3.39. The number of carbonyl (C=O) groups excluding carboxylic acids is 3. The fraction of sp³-hybridized carbons (Fsp3) is 0.150. The van der Waals surface area contributed by atoms with E-state index in [4.69, 9.17) is 0 Å². The zero-order chi connectivity index (χ0) is 19.5. The Morgan fingerprint density at radius 2 is 1.71 bits per heavy atom. The van der Waals surface area contributed by atoms with Crippen LogP contribution in [0.5, 0.6) is 0 Å². The normalized spacial score (nSPS) is 12.9. The molecule has 0 fully saturated rings. The molecule has 8 heteroatoms. The summed E-state index contributed by atoms with van der Waals surface area (Å²) in [5, 5.41) is 5.59. The number of amides is 3. The average Bonchev–Trinajstić information content (AvgIpc) is 3.28. The fourth-order valence-electron chi connectivity index (χ4n) is 2.96. The van der Waals surface area contributed by atoms with Crippen LogP contribution in [0.25, 0.3) is 10.6 Å². The summed E-state index contributed by atoms with van der Waals surface area (Å²) in [6.45, 7) is 0.0905. The highest BCUT2D eigenvalue weighted by Crippen LogP contribution is 2.23. The molecule has 140 valence electrons. The summed E-state index contributed by atoms with van der Waals surface area (Å²) in [5.74, 6) is -1.24. The molecule has 1 aliphatic rings. The van der Waals surface area contributed by atoms with Crippen LogP contribution in [0.15, 0.2) is 54.2 Å². The topological polar surface area (TPSA) is 92.3 Å². The standard InChI is InChI=1S/C20H16N4O3S/c25-17(11-24-19(26)15-3-1-2-4-16(15)20(24)27)22-10-7-14-12-28-18(23-14)13-5-8-21-9-6-13/h1-6,8-9,12H,7,10-11H2,(H,22,25). The SMILES string of the molecule is O=C(CN1C(=O)c2ccccc2C1=O)NCCc1csc(-c2ccncc2)n1. The number of hydrogen-bond acceptors (Lipinski definition) is 6. The molecule has 0 radical (unpaired) electrons. The Kier molecular flexibility index (Phi) is 4.94. The lowest BCUT2D eigenvalue weighted by atomic mass is 10.1. The predicted molar refractivity (Wildman–Crippen MR) is 104 cm³/mol. The van der Waals surface area contributed by atoms with Gasteiger partial charge in [-0.2, -0.15) is 0 Å². The highest BCUT2D eigenvalue weighted by Gasteiger charge is 2.36. The lowest BCUT2D eigenvalue weighted by molar-refractivity contribution is -0.121. The molecule has 0 atom stereocenters. The van der Waals surface area contributed by atoms with Crippen molar-refractivity contribution < 1.29 is 14.4 Å². The van der Waals surface area contributed by atoms with Crippen molar-refractivity contribution in [3.63, 3.8) is 0 Å². The molecular formula is C20H16N4O3S. The molecule has 0 bridgehead atoms. The number of rotatable bonds is 6. The summed E-state index contributed by atoms with van der Waals surface area (Å²) in [7, 11) is 0. The van der Waals surface area contributed by atoms with Gasteiger partial charge in [0.2, 0.25) is 5.91 Å². The van der Waals surface area contributed by atoms with Crippen LogP contribution in [0.2, 0.25) is 0 Å². The molecule has 0 spiro atoms. The number of pyridine rings is 1. The van der Waals surface area contributed by atoms with Crippen LogP contribution in [0.1, 0.15) is 26.4 Å². The molecule has 3 amide bonds. The highest BCUT2D eigenvalue weighted by atomic mass is 32.1. The second kappa shape index (κ2) is 7.69. The van der Waals surface area contributed by atoms with Gasteiger partial charge >= 0.3 is 0 Å². The largest absolute Gasteiger partial charge is 0.354 e. The van der Waals surface area contributed by atoms with E-state index in [2.05, 4.69) is 15.3 Å². The van der Waals surface area contributed by atoms with E-state index in [0.29, 0.717) is 24.1 Å². The van der Waals surface area contributed by atoms with Gasteiger partial charge in [0, 0.05) is 36.3 Å². The van der Waals surface area contributed by atoms with Gasteiger partial charge in [0.15, 0.2) is 0 Å². The maximum Gasteiger partial charge on any atom is 0.262 e. The van der Waals surface area contributed by atoms with E-state index in [1.54, 1.807) is 36.7 Å². The molecule has 0 aliphatic carbocycles. The van der Waals surface area contributed by atoms with Gasteiger partial charge in [0.1, 0.15) is 11.6 Å². The van der Waals surface area contributed by atoms with E-state index >= 15 is 0 Å². The van der Waals surface area contributed by atoms with Gasteiger partial charge in [0.05, 0.1) is 16.8 Å². The molecule has 3 aromatic rings. The van der Waals surface area contributed by atoms with Gasteiger partial charge in [-0.15, -0.1) is 11.3 Å². The number of benzene rings is 1. The van der Waals surface area contributed by atoms with Gasteiger partial charge in [0.25, 0.3) is 11.8 Å². The van der Waals surface area contributed by atoms with Crippen molar-refractivity contribution in [1.82, 2.24) is 20.2 Å². The number of carbonyl (C=O) groups is 3. The highest BCUT2D eigenvalue weighted by molar-refractivity contribution is 7.13. The van der Waals surface area contributed by atoms with Crippen LogP contribution in [0.3, 0.4) is 0 Å². The molecular weight excluding hydrogens is 376 g/mol. The lowest BCUT2D eigenvalue weighted by Crippen LogP contribution is -2.40. The van der Waals surface area contributed by atoms with E-state index in [1.165, 1.54) is 11.3 Å². The lowest BCUT2D eigenvalue weighted by Gasteiger charge is -2.13. The predicted octanol–water partition coefficient (Wildman–Crippen LogP) is 2.16. The minimum atomic E-state index is -0.433. The molecule has 28 heavy (non-hydrogen) atoms. The van der Waals surface area contributed by atoms with Crippen molar-refractivity contribution in [2.75, 3.05) is 13.1 Å². The second-order valence-corrected chi connectivity index (χ2v) is 7.08. The summed E-state index contributed by atoms with van der Waals surface area (Å²) in [4.78, 5) is 46.3. The monoisotopic (exact) mass is 392 g/mol. The van der Waals surface area contributed by atoms with Crippen molar-refractivity contribution in [2.24, 2.45) is 0 Å². The Morgan fingerprint density at radius 1 is 1.04 bits per heavy atom. The van der Waals surface area contributed by atoms with E-state index < -0.39 is 11.8 Å². The van der Waals surface area contributed by atoms with Crippen LogP contribution in [-0.4, -0.2) is 45.7 Å². The first-order chi connectivity index (χ1) is 13.6. The first-order valence-electron chi connectivity index (χ1n) is 8.70. The van der Waals surface area contributed by atoms with Gasteiger partial charge in [-0.05, 0) is 24.3 Å². The van der Waals surface area contributed by atoms with Gasteiger partial charge < -0.3 is 5.32 Å². The van der Waals surface area contributed by atoms with Crippen LogP contribution in [0, 0.1) is 0 Å². The summed E-state index contributed by atoms with van der Waals surface area (Å²) in [6, 6.07) is 10.4. The fourth-order valence-corrected chi connectivity index (χ4v) is 3.82. The number of thiazole rings is 1. The van der Waals surface area contributed by atoms with Gasteiger partial charge in [-0.25, -0.2) is 4.98 Å². The average molecular weight is 392 g/mol. The molecule has 1 aromatic carbocycles. The van der Waals surface area contributed by atoms with E-state index in [1.807, 2.05) is 17.5 Å². The summed E-state index contributed by atoms with van der Waals surface area (Å²) in [5.41, 5.74) is 2.55. The van der Waals surface area contributed by atoms with E-state index in [-0.39, 0.29) is 12.5 Å². The van der Waals surface area contributed by atoms with Crippen molar-refractivity contribution in [3.05, 3.63) is 71.0 Å².